The second-order valence-electron chi connectivity index (χ2n) is 7.74. The maximum atomic E-state index is 13.4. The van der Waals surface area contributed by atoms with E-state index in [1.807, 2.05) is 49.4 Å². The Morgan fingerprint density at radius 2 is 1.83 bits per heavy atom. The lowest BCUT2D eigenvalue weighted by Crippen LogP contribution is -2.50. The monoisotopic (exact) mass is 420 g/mol. The number of hydrogen-bond donors (Lipinski definition) is 1. The Hall–Kier alpha value is -2.82. The van der Waals surface area contributed by atoms with Crippen molar-refractivity contribution in [1.29, 1.82) is 0 Å². The third kappa shape index (κ3) is 2.47. The third-order valence-corrected chi connectivity index (χ3v) is 6.47. The molecule has 1 heterocycles. The first-order valence-corrected chi connectivity index (χ1v) is 10.4. The lowest BCUT2D eigenvalue weighted by atomic mass is 9.71. The van der Waals surface area contributed by atoms with Gasteiger partial charge in [0.25, 0.3) is 0 Å². The summed E-state index contributed by atoms with van der Waals surface area (Å²) in [5.74, 6) is 0.483. The van der Waals surface area contributed by atoms with E-state index >= 15 is 0 Å². The molecular weight excluding hydrogens is 400 g/mol. The van der Waals surface area contributed by atoms with E-state index in [-0.39, 0.29) is 18.1 Å². The number of carbonyl (C=O) groups is 1. The Kier molecular flexibility index (Phi) is 4.38. The van der Waals surface area contributed by atoms with Gasteiger partial charge in [-0.05, 0) is 42.3 Å². The van der Waals surface area contributed by atoms with Crippen LogP contribution in [0.5, 0.6) is 11.5 Å². The highest BCUT2D eigenvalue weighted by molar-refractivity contribution is 6.30. The molecule has 0 aromatic heterocycles. The molecule has 1 fully saturated rings. The van der Waals surface area contributed by atoms with E-state index in [9.17, 15) is 9.90 Å². The lowest BCUT2D eigenvalue weighted by Gasteiger charge is -2.39. The first-order chi connectivity index (χ1) is 14.5. The molecule has 1 aliphatic heterocycles. The van der Waals surface area contributed by atoms with Crippen LogP contribution in [0.15, 0.2) is 72.8 Å². The molecule has 0 bridgehead atoms. The van der Waals surface area contributed by atoms with E-state index in [4.69, 9.17) is 21.1 Å². The molecule has 3 aromatic carbocycles. The maximum Gasteiger partial charge on any atom is 0.196 e. The Morgan fingerprint density at radius 1 is 1.10 bits per heavy atom. The molecule has 0 amide bonds. The number of fused-ring (bicyclic) bond motifs is 3. The van der Waals surface area contributed by atoms with Gasteiger partial charge in [0.15, 0.2) is 17.0 Å². The Morgan fingerprint density at radius 3 is 2.53 bits per heavy atom. The van der Waals surface area contributed by atoms with Gasteiger partial charge in [0.2, 0.25) is 0 Å². The molecule has 0 radical (unpaired) electrons. The molecule has 0 spiro atoms. The smallest absolute Gasteiger partial charge is 0.196 e. The molecule has 3 unspecified atom stereocenters. The molecule has 1 N–H and O–H groups in total. The molecule has 30 heavy (non-hydrogen) atoms. The zero-order valence-electron chi connectivity index (χ0n) is 16.5. The number of aliphatic hydroxyl groups is 1. The van der Waals surface area contributed by atoms with Gasteiger partial charge in [0.05, 0.1) is 6.61 Å². The van der Waals surface area contributed by atoms with Crippen molar-refractivity contribution in [2.45, 2.75) is 30.5 Å². The summed E-state index contributed by atoms with van der Waals surface area (Å²) in [6.45, 7) is 2.41. The summed E-state index contributed by atoms with van der Waals surface area (Å²) in [7, 11) is 0. The van der Waals surface area contributed by atoms with Crippen LogP contribution in [0, 0.1) is 0 Å². The van der Waals surface area contributed by atoms with Gasteiger partial charge in [-0.3, -0.25) is 4.79 Å². The number of rotatable bonds is 4. The van der Waals surface area contributed by atoms with E-state index in [2.05, 4.69) is 0 Å². The van der Waals surface area contributed by atoms with Gasteiger partial charge in [0.1, 0.15) is 11.5 Å². The summed E-state index contributed by atoms with van der Waals surface area (Å²) in [6.07, 6.45) is 0.176. The number of benzene rings is 3. The second kappa shape index (κ2) is 6.86. The summed E-state index contributed by atoms with van der Waals surface area (Å²) < 4.78 is 12.2. The summed E-state index contributed by atoms with van der Waals surface area (Å²) in [6, 6.07) is 22.2. The minimum atomic E-state index is -1.80. The first-order valence-electron chi connectivity index (χ1n) is 10.0. The van der Waals surface area contributed by atoms with E-state index in [1.165, 1.54) is 0 Å². The summed E-state index contributed by atoms with van der Waals surface area (Å²) in [5, 5.41) is 12.6. The standard InChI is InChI=1S/C25H21ClO4/c1-2-29-19-12-13-20-22(14-19)30-25(17-8-10-18(26)11-9-17)21(15-23(27)24(20,25)28)16-6-4-3-5-7-16/h3-14,21,28H,2,15H2,1H3. The van der Waals surface area contributed by atoms with E-state index in [1.54, 1.807) is 30.3 Å². The Bertz CT molecular complexity index is 1110. The quantitative estimate of drug-likeness (QED) is 0.647. The van der Waals surface area contributed by atoms with Gasteiger partial charge < -0.3 is 14.6 Å². The van der Waals surface area contributed by atoms with Gasteiger partial charge >= 0.3 is 0 Å². The fourth-order valence-corrected chi connectivity index (χ4v) is 5.08. The van der Waals surface area contributed by atoms with Gasteiger partial charge in [0, 0.05) is 29.0 Å². The van der Waals surface area contributed by atoms with Crippen LogP contribution in [0.25, 0.3) is 0 Å². The first kappa shape index (κ1) is 19.2. The molecule has 4 nitrogen and oxygen atoms in total. The number of halogens is 1. The molecule has 5 heteroatoms. The second-order valence-corrected chi connectivity index (χ2v) is 8.17. The Labute approximate surface area is 180 Å². The molecule has 3 atom stereocenters. The normalized spacial score (nSPS) is 26.8. The molecule has 5 rings (SSSR count). The number of ketones is 1. The van der Waals surface area contributed by atoms with Gasteiger partial charge in [-0.15, -0.1) is 0 Å². The predicted octanol–water partition coefficient (Wildman–Crippen LogP) is 4.97. The van der Waals surface area contributed by atoms with Crippen LogP contribution in [-0.4, -0.2) is 17.5 Å². The van der Waals surface area contributed by atoms with Crippen molar-refractivity contribution in [3.05, 3.63) is 94.5 Å². The van der Waals surface area contributed by atoms with E-state index < -0.39 is 11.2 Å². The average molecular weight is 421 g/mol. The fraction of sp³-hybridized carbons (Fsp3) is 0.240. The van der Waals surface area contributed by atoms with Crippen LogP contribution in [0.1, 0.15) is 36.0 Å². The largest absolute Gasteiger partial charge is 0.494 e. The van der Waals surface area contributed by atoms with Crippen LogP contribution in [-0.2, 0) is 16.0 Å². The van der Waals surface area contributed by atoms with Crippen molar-refractivity contribution in [3.63, 3.8) is 0 Å². The van der Waals surface area contributed by atoms with Crippen LogP contribution < -0.4 is 9.47 Å². The number of hydrogen-bond acceptors (Lipinski definition) is 4. The molecular formula is C25H21ClO4. The van der Waals surface area contributed by atoms with Crippen LogP contribution in [0.4, 0.5) is 0 Å². The summed E-state index contributed by atoms with van der Waals surface area (Å²) in [5.41, 5.74) is -0.966. The average Bonchev–Trinajstić information content (AvgIpc) is 3.15. The number of ether oxygens (including phenoxy) is 2. The molecule has 3 aromatic rings. The van der Waals surface area contributed by atoms with E-state index in [0.29, 0.717) is 34.3 Å². The van der Waals surface area contributed by atoms with Crippen LogP contribution in [0.3, 0.4) is 0 Å². The van der Waals surface area contributed by atoms with Gasteiger partial charge in [-0.25, -0.2) is 0 Å². The van der Waals surface area contributed by atoms with Crippen LogP contribution >= 0.6 is 11.6 Å². The maximum absolute atomic E-state index is 13.4. The predicted molar refractivity (Wildman–Crippen MR) is 114 cm³/mol. The zero-order chi connectivity index (χ0) is 20.9. The minimum Gasteiger partial charge on any atom is -0.494 e. The Balaban J connectivity index is 1.77. The lowest BCUT2D eigenvalue weighted by molar-refractivity contribution is -0.151. The minimum absolute atomic E-state index is 0.176. The van der Waals surface area contributed by atoms with Crippen LogP contribution in [0.2, 0.25) is 5.02 Å². The molecule has 152 valence electrons. The topological polar surface area (TPSA) is 55.8 Å². The SMILES string of the molecule is CCOc1ccc2c(c1)OC1(c3ccc(Cl)cc3)C(c3ccccc3)CC(=O)C21O. The number of carbonyl (C=O) groups excluding carboxylic acids is 1. The van der Waals surface area contributed by atoms with Crippen molar-refractivity contribution in [1.82, 2.24) is 0 Å². The highest BCUT2D eigenvalue weighted by Crippen LogP contribution is 2.65. The molecule has 1 saturated carbocycles. The van der Waals surface area contributed by atoms with Crippen molar-refractivity contribution in [2.24, 2.45) is 0 Å². The highest BCUT2D eigenvalue weighted by atomic mass is 35.5. The molecule has 0 saturated heterocycles. The fourth-order valence-electron chi connectivity index (χ4n) is 4.95. The van der Waals surface area contributed by atoms with Crippen molar-refractivity contribution in [3.8, 4) is 11.5 Å². The molecule has 1 aliphatic carbocycles. The van der Waals surface area contributed by atoms with Crippen molar-refractivity contribution < 1.29 is 19.4 Å². The summed E-state index contributed by atoms with van der Waals surface area (Å²) >= 11 is 6.13. The van der Waals surface area contributed by atoms with Crippen molar-refractivity contribution in [2.75, 3.05) is 6.61 Å². The highest BCUT2D eigenvalue weighted by Gasteiger charge is 2.73. The van der Waals surface area contributed by atoms with Gasteiger partial charge in [-0.2, -0.15) is 0 Å². The molecule has 2 aliphatic rings. The summed E-state index contributed by atoms with van der Waals surface area (Å²) in [4.78, 5) is 13.4. The zero-order valence-corrected chi connectivity index (χ0v) is 17.2. The van der Waals surface area contributed by atoms with Gasteiger partial charge in [-0.1, -0.05) is 54.1 Å². The number of Topliss-reactive ketones (excluding diaryl/α,β-unsaturated/α-hetero) is 1. The third-order valence-electron chi connectivity index (χ3n) is 6.22. The van der Waals surface area contributed by atoms with E-state index in [0.717, 1.165) is 5.56 Å². The van der Waals surface area contributed by atoms with Crippen molar-refractivity contribution >= 4 is 17.4 Å².